The lowest BCUT2D eigenvalue weighted by molar-refractivity contribution is 0.589. The van der Waals surface area contributed by atoms with Crippen molar-refractivity contribution in [1.29, 1.82) is 5.26 Å². The summed E-state index contributed by atoms with van der Waals surface area (Å²) in [5, 5.41) is 11.6. The van der Waals surface area contributed by atoms with Crippen LogP contribution in [-0.4, -0.2) is 13.1 Å². The maximum atomic E-state index is 13.2. The van der Waals surface area contributed by atoms with Crippen LogP contribution in [0.25, 0.3) is 0 Å². The van der Waals surface area contributed by atoms with E-state index in [2.05, 4.69) is 5.32 Å². The van der Waals surface area contributed by atoms with Gasteiger partial charge in [0.25, 0.3) is 0 Å². The first kappa shape index (κ1) is 10.6. The van der Waals surface area contributed by atoms with E-state index in [1.54, 1.807) is 6.07 Å². The number of hydrogen-bond acceptors (Lipinski definition) is 3. The van der Waals surface area contributed by atoms with E-state index in [9.17, 15) is 4.39 Å². The Morgan fingerprint density at radius 2 is 2.29 bits per heavy atom. The van der Waals surface area contributed by atoms with Gasteiger partial charge >= 0.3 is 0 Å². The Balaban J connectivity index is 2.70. The van der Waals surface area contributed by atoms with Crippen LogP contribution < -0.4 is 11.1 Å². The molecule has 0 unspecified atom stereocenters. The van der Waals surface area contributed by atoms with Crippen LogP contribution in [0.2, 0.25) is 0 Å². The Kier molecular flexibility index (Phi) is 4.05. The molecule has 1 aromatic carbocycles. The molecule has 0 bridgehead atoms. The monoisotopic (exact) mass is 193 g/mol. The molecule has 0 aliphatic heterocycles. The van der Waals surface area contributed by atoms with Gasteiger partial charge in [-0.15, -0.1) is 0 Å². The molecular formula is C10H12FN3. The minimum absolute atomic E-state index is 0.298. The normalized spacial score (nSPS) is 9.79. The first-order valence-corrected chi connectivity index (χ1v) is 4.37. The van der Waals surface area contributed by atoms with Crippen molar-refractivity contribution in [2.75, 3.05) is 13.1 Å². The summed E-state index contributed by atoms with van der Waals surface area (Å²) >= 11 is 0. The average Bonchev–Trinajstić information content (AvgIpc) is 2.21. The summed E-state index contributed by atoms with van der Waals surface area (Å²) < 4.78 is 13.2. The molecule has 0 saturated carbocycles. The van der Waals surface area contributed by atoms with Crippen molar-refractivity contribution < 1.29 is 4.39 Å². The number of nitrogens with two attached hydrogens (primary N) is 1. The SMILES string of the molecule is N#Cc1ccc(F)c(CNCCN)c1. The fraction of sp³-hybridized carbons (Fsp3) is 0.300. The summed E-state index contributed by atoms with van der Waals surface area (Å²) in [6.07, 6.45) is 0. The molecule has 0 amide bonds. The molecule has 0 aliphatic carbocycles. The van der Waals surface area contributed by atoms with Crippen molar-refractivity contribution in [3.05, 3.63) is 35.1 Å². The van der Waals surface area contributed by atoms with Gasteiger partial charge in [-0.25, -0.2) is 4.39 Å². The van der Waals surface area contributed by atoms with Gasteiger partial charge in [0.05, 0.1) is 11.6 Å². The molecule has 0 radical (unpaired) electrons. The van der Waals surface area contributed by atoms with E-state index < -0.39 is 0 Å². The standard InChI is InChI=1S/C10H12FN3/c11-10-2-1-8(6-13)5-9(10)7-14-4-3-12/h1-2,5,14H,3-4,7,12H2. The highest BCUT2D eigenvalue weighted by atomic mass is 19.1. The molecule has 14 heavy (non-hydrogen) atoms. The molecule has 0 saturated heterocycles. The highest BCUT2D eigenvalue weighted by molar-refractivity contribution is 5.33. The highest BCUT2D eigenvalue weighted by Crippen LogP contribution is 2.09. The number of benzene rings is 1. The number of nitrogens with zero attached hydrogens (tertiary/aromatic N) is 1. The minimum atomic E-state index is -0.298. The highest BCUT2D eigenvalue weighted by Gasteiger charge is 2.02. The fourth-order valence-corrected chi connectivity index (χ4v) is 1.10. The van der Waals surface area contributed by atoms with E-state index in [1.165, 1.54) is 12.1 Å². The average molecular weight is 193 g/mol. The van der Waals surface area contributed by atoms with Crippen LogP contribution in [-0.2, 0) is 6.54 Å². The fourth-order valence-electron chi connectivity index (χ4n) is 1.10. The quantitative estimate of drug-likeness (QED) is 0.693. The third kappa shape index (κ3) is 2.80. The largest absolute Gasteiger partial charge is 0.329 e. The Morgan fingerprint density at radius 1 is 1.50 bits per heavy atom. The van der Waals surface area contributed by atoms with Crippen LogP contribution in [0.5, 0.6) is 0 Å². The predicted octanol–water partition coefficient (Wildman–Crippen LogP) is 0.746. The first-order valence-electron chi connectivity index (χ1n) is 4.37. The third-order valence-corrected chi connectivity index (χ3v) is 1.81. The minimum Gasteiger partial charge on any atom is -0.329 e. The maximum Gasteiger partial charge on any atom is 0.127 e. The van der Waals surface area contributed by atoms with Gasteiger partial charge in [-0.05, 0) is 18.2 Å². The van der Waals surface area contributed by atoms with Gasteiger partial charge in [0.2, 0.25) is 0 Å². The molecule has 0 spiro atoms. The smallest absolute Gasteiger partial charge is 0.127 e. The molecular weight excluding hydrogens is 181 g/mol. The summed E-state index contributed by atoms with van der Waals surface area (Å²) in [5.74, 6) is -0.298. The summed E-state index contributed by atoms with van der Waals surface area (Å²) in [6.45, 7) is 1.55. The second-order valence-corrected chi connectivity index (χ2v) is 2.88. The van der Waals surface area contributed by atoms with E-state index >= 15 is 0 Å². The van der Waals surface area contributed by atoms with E-state index in [1.807, 2.05) is 6.07 Å². The van der Waals surface area contributed by atoms with Crippen LogP contribution in [0.3, 0.4) is 0 Å². The van der Waals surface area contributed by atoms with Gasteiger partial charge in [-0.3, -0.25) is 0 Å². The van der Waals surface area contributed by atoms with Crippen molar-refractivity contribution >= 4 is 0 Å². The van der Waals surface area contributed by atoms with Crippen molar-refractivity contribution in [2.24, 2.45) is 5.73 Å². The molecule has 0 fully saturated rings. The molecule has 1 aromatic rings. The van der Waals surface area contributed by atoms with E-state index in [4.69, 9.17) is 11.0 Å². The van der Waals surface area contributed by atoms with Crippen molar-refractivity contribution in [3.63, 3.8) is 0 Å². The van der Waals surface area contributed by atoms with Gasteiger partial charge in [0, 0.05) is 25.2 Å². The second-order valence-electron chi connectivity index (χ2n) is 2.88. The van der Waals surface area contributed by atoms with Crippen LogP contribution >= 0.6 is 0 Å². The molecule has 3 nitrogen and oxygen atoms in total. The molecule has 1 rings (SSSR count). The lowest BCUT2D eigenvalue weighted by atomic mass is 10.1. The van der Waals surface area contributed by atoms with E-state index in [0.717, 1.165) is 0 Å². The van der Waals surface area contributed by atoms with Crippen LogP contribution in [0.4, 0.5) is 4.39 Å². The number of nitriles is 1. The van der Waals surface area contributed by atoms with Crippen LogP contribution in [0, 0.1) is 17.1 Å². The molecule has 0 aliphatic rings. The zero-order chi connectivity index (χ0) is 10.4. The van der Waals surface area contributed by atoms with Crippen molar-refractivity contribution in [2.45, 2.75) is 6.54 Å². The number of rotatable bonds is 4. The van der Waals surface area contributed by atoms with E-state index in [-0.39, 0.29) is 5.82 Å². The van der Waals surface area contributed by atoms with Crippen molar-refractivity contribution in [1.82, 2.24) is 5.32 Å². The summed E-state index contributed by atoms with van der Waals surface area (Å²) in [5.41, 5.74) is 6.24. The van der Waals surface area contributed by atoms with Gasteiger partial charge in [-0.2, -0.15) is 5.26 Å². The van der Waals surface area contributed by atoms with Crippen LogP contribution in [0.15, 0.2) is 18.2 Å². The predicted molar refractivity (Wildman–Crippen MR) is 51.9 cm³/mol. The van der Waals surface area contributed by atoms with E-state index in [0.29, 0.717) is 30.8 Å². The molecule has 4 heteroatoms. The Hall–Kier alpha value is -1.44. The third-order valence-electron chi connectivity index (χ3n) is 1.81. The van der Waals surface area contributed by atoms with Crippen LogP contribution in [0.1, 0.15) is 11.1 Å². The van der Waals surface area contributed by atoms with Gasteiger partial charge < -0.3 is 11.1 Å². The molecule has 0 aromatic heterocycles. The lowest BCUT2D eigenvalue weighted by Gasteiger charge is -2.04. The zero-order valence-corrected chi connectivity index (χ0v) is 7.76. The molecule has 74 valence electrons. The van der Waals surface area contributed by atoms with Gasteiger partial charge in [-0.1, -0.05) is 0 Å². The maximum absolute atomic E-state index is 13.2. The first-order chi connectivity index (χ1) is 6.77. The topological polar surface area (TPSA) is 61.8 Å². The number of nitrogens with one attached hydrogen (secondary N) is 1. The Morgan fingerprint density at radius 3 is 2.93 bits per heavy atom. The van der Waals surface area contributed by atoms with Gasteiger partial charge in [0.15, 0.2) is 0 Å². The second kappa shape index (κ2) is 5.32. The summed E-state index contributed by atoms with van der Waals surface area (Å²) in [4.78, 5) is 0. The summed E-state index contributed by atoms with van der Waals surface area (Å²) in [7, 11) is 0. The Bertz CT molecular complexity index is 344. The molecule has 0 atom stereocenters. The Labute approximate surface area is 82.3 Å². The lowest BCUT2D eigenvalue weighted by Crippen LogP contribution is -2.22. The molecule has 0 heterocycles. The summed E-state index contributed by atoms with van der Waals surface area (Å²) in [6, 6.07) is 6.27. The van der Waals surface area contributed by atoms with Crippen molar-refractivity contribution in [3.8, 4) is 6.07 Å². The van der Waals surface area contributed by atoms with Gasteiger partial charge in [0.1, 0.15) is 5.82 Å². The zero-order valence-electron chi connectivity index (χ0n) is 7.76. The number of hydrogen-bond donors (Lipinski definition) is 2. The number of halogens is 1. The molecule has 3 N–H and O–H groups in total.